The lowest BCUT2D eigenvalue weighted by Crippen LogP contribution is -2.43. The Balaban J connectivity index is 1.86. The number of pyridine rings is 1. The zero-order valence-corrected chi connectivity index (χ0v) is 16.4. The van der Waals surface area contributed by atoms with Gasteiger partial charge in [0.25, 0.3) is 5.91 Å². The number of piperazine rings is 1. The van der Waals surface area contributed by atoms with E-state index in [2.05, 4.69) is 9.88 Å². The van der Waals surface area contributed by atoms with E-state index in [1.165, 1.54) is 17.4 Å². The van der Waals surface area contributed by atoms with Gasteiger partial charge in [0.1, 0.15) is 10.6 Å². The molecule has 0 radical (unpaired) electrons. The van der Waals surface area contributed by atoms with Crippen LogP contribution in [-0.2, 0) is 0 Å². The summed E-state index contributed by atoms with van der Waals surface area (Å²) in [5, 5.41) is 4.13. The van der Waals surface area contributed by atoms with E-state index in [1.807, 2.05) is 11.0 Å². The van der Waals surface area contributed by atoms with Gasteiger partial charge in [0.2, 0.25) is 0 Å². The third kappa shape index (κ3) is 2.55. The summed E-state index contributed by atoms with van der Waals surface area (Å²) in [6.45, 7) is 4.80. The van der Waals surface area contributed by atoms with Crippen molar-refractivity contribution in [1.82, 2.24) is 9.88 Å². The molecular weight excluding hydrogens is 379 g/mol. The Labute approximate surface area is 164 Å². The lowest BCUT2D eigenvalue weighted by atomic mass is 10.1. The lowest BCUT2D eigenvalue weighted by Gasteiger charge is -2.30. The quantitative estimate of drug-likeness (QED) is 0.708. The van der Waals surface area contributed by atoms with Gasteiger partial charge in [-0.3, -0.25) is 9.59 Å². The number of benzene rings is 1. The maximum atomic E-state index is 15.0. The van der Waals surface area contributed by atoms with Crippen LogP contribution in [0.4, 0.5) is 10.1 Å². The van der Waals surface area contributed by atoms with E-state index in [0.717, 1.165) is 49.4 Å². The largest absolute Gasteiger partial charge is 0.367 e. The molecule has 1 amide bonds. The predicted molar refractivity (Wildman–Crippen MR) is 110 cm³/mol. The second-order valence-corrected chi connectivity index (χ2v) is 8.59. The van der Waals surface area contributed by atoms with Crippen LogP contribution < -0.4 is 21.4 Å². The van der Waals surface area contributed by atoms with Crippen molar-refractivity contribution in [3.8, 4) is 0 Å². The Hall–Kier alpha value is -2.45. The Bertz CT molecular complexity index is 1190. The molecule has 28 heavy (non-hydrogen) atoms. The minimum Gasteiger partial charge on any atom is -0.367 e. The highest BCUT2D eigenvalue weighted by molar-refractivity contribution is 7.20. The number of aryl methyl sites for hydroxylation is 1. The third-order valence-electron chi connectivity index (χ3n) is 5.74. The van der Waals surface area contributed by atoms with E-state index in [-0.39, 0.29) is 17.3 Å². The number of fused-ring (bicyclic) bond motifs is 2. The van der Waals surface area contributed by atoms with Crippen molar-refractivity contribution >= 4 is 44.1 Å². The van der Waals surface area contributed by atoms with Crippen molar-refractivity contribution in [3.63, 3.8) is 0 Å². The van der Waals surface area contributed by atoms with E-state index >= 15 is 0 Å². The summed E-state index contributed by atoms with van der Waals surface area (Å²) in [5.74, 6) is -0.909. The standard InChI is InChI=1S/C20H21FN4O2S/c1-10-16-17(26)12-8-13(21)15(24-6-4-23-5-7-24)9-14(12)25(11-2-3-11)20(16)28-18(10)19(22)27/h8-9,11,23H,2-7H2,1H3,(H2,22,27). The van der Waals surface area contributed by atoms with E-state index in [1.54, 1.807) is 6.92 Å². The topological polar surface area (TPSA) is 80.4 Å². The Morgan fingerprint density at radius 1 is 1.29 bits per heavy atom. The number of primary amides is 1. The molecule has 5 rings (SSSR count). The molecule has 3 N–H and O–H groups in total. The van der Waals surface area contributed by atoms with Gasteiger partial charge >= 0.3 is 0 Å². The number of nitrogens with one attached hydrogen (secondary N) is 1. The summed E-state index contributed by atoms with van der Waals surface area (Å²) in [5.41, 5.74) is 7.17. The molecule has 1 aromatic carbocycles. The normalized spacial score (nSPS) is 17.6. The zero-order valence-electron chi connectivity index (χ0n) is 15.5. The van der Waals surface area contributed by atoms with Gasteiger partial charge in [-0.15, -0.1) is 11.3 Å². The van der Waals surface area contributed by atoms with Crippen LogP contribution in [0.3, 0.4) is 0 Å². The van der Waals surface area contributed by atoms with Crippen molar-refractivity contribution in [2.75, 3.05) is 31.1 Å². The van der Waals surface area contributed by atoms with Gasteiger partial charge in [0, 0.05) is 37.6 Å². The average molecular weight is 400 g/mol. The molecule has 1 aliphatic carbocycles. The molecule has 2 aliphatic rings. The first kappa shape index (κ1) is 17.6. The van der Waals surface area contributed by atoms with E-state index < -0.39 is 5.91 Å². The molecule has 2 fully saturated rings. The van der Waals surface area contributed by atoms with Crippen LogP contribution in [0.15, 0.2) is 16.9 Å². The first-order valence-electron chi connectivity index (χ1n) is 9.53. The number of amides is 1. The second kappa shape index (κ2) is 6.28. The summed E-state index contributed by atoms with van der Waals surface area (Å²) in [6, 6.07) is 3.45. The molecule has 3 heterocycles. The summed E-state index contributed by atoms with van der Waals surface area (Å²) in [6.07, 6.45) is 2.02. The highest BCUT2D eigenvalue weighted by Crippen LogP contribution is 2.43. The van der Waals surface area contributed by atoms with Crippen LogP contribution in [0, 0.1) is 12.7 Å². The minimum absolute atomic E-state index is 0.228. The molecule has 1 saturated heterocycles. The first-order valence-corrected chi connectivity index (χ1v) is 10.4. The summed E-state index contributed by atoms with van der Waals surface area (Å²) < 4.78 is 17.1. The van der Waals surface area contributed by atoms with Crippen LogP contribution >= 0.6 is 11.3 Å². The van der Waals surface area contributed by atoms with Crippen molar-refractivity contribution in [2.45, 2.75) is 25.8 Å². The molecule has 6 nitrogen and oxygen atoms in total. The van der Waals surface area contributed by atoms with E-state index in [4.69, 9.17) is 5.73 Å². The summed E-state index contributed by atoms with van der Waals surface area (Å²) in [4.78, 5) is 28.3. The number of thiophene rings is 1. The predicted octanol–water partition coefficient (Wildman–Crippen LogP) is 2.51. The van der Waals surface area contributed by atoms with Crippen molar-refractivity contribution in [1.29, 1.82) is 0 Å². The lowest BCUT2D eigenvalue weighted by molar-refractivity contribution is 0.100. The molecule has 1 aliphatic heterocycles. The number of aromatic nitrogens is 1. The number of nitrogens with two attached hydrogens (primary N) is 1. The first-order chi connectivity index (χ1) is 13.5. The molecule has 8 heteroatoms. The SMILES string of the molecule is Cc1c(C(N)=O)sc2c1c(=O)c1cc(F)c(N3CCNCC3)cc1n2C1CC1. The zero-order chi connectivity index (χ0) is 19.6. The van der Waals surface area contributed by atoms with Crippen LogP contribution in [0.2, 0.25) is 0 Å². The maximum absolute atomic E-state index is 15.0. The molecule has 0 spiro atoms. The van der Waals surface area contributed by atoms with Gasteiger partial charge in [-0.05, 0) is 37.5 Å². The Morgan fingerprint density at radius 3 is 2.64 bits per heavy atom. The van der Waals surface area contributed by atoms with Crippen LogP contribution in [0.25, 0.3) is 21.1 Å². The van der Waals surface area contributed by atoms with Gasteiger partial charge in [0.15, 0.2) is 5.43 Å². The highest BCUT2D eigenvalue weighted by Gasteiger charge is 2.30. The van der Waals surface area contributed by atoms with E-state index in [0.29, 0.717) is 26.9 Å². The molecule has 146 valence electrons. The number of carbonyl (C=O) groups is 1. The van der Waals surface area contributed by atoms with Gasteiger partial charge in [-0.1, -0.05) is 0 Å². The molecule has 3 aromatic rings. The monoisotopic (exact) mass is 400 g/mol. The third-order valence-corrected chi connectivity index (χ3v) is 7.04. The number of rotatable bonds is 3. The molecule has 1 saturated carbocycles. The fraction of sp³-hybridized carbons (Fsp3) is 0.400. The van der Waals surface area contributed by atoms with Crippen LogP contribution in [0.5, 0.6) is 0 Å². The molecular formula is C20H21FN4O2S. The average Bonchev–Trinajstić information content (AvgIpc) is 3.45. The smallest absolute Gasteiger partial charge is 0.259 e. The van der Waals surface area contributed by atoms with Crippen molar-refractivity contribution < 1.29 is 9.18 Å². The Kier molecular flexibility index (Phi) is 3.96. The van der Waals surface area contributed by atoms with Crippen molar-refractivity contribution in [2.24, 2.45) is 5.73 Å². The second-order valence-electron chi connectivity index (χ2n) is 7.59. The van der Waals surface area contributed by atoms with E-state index in [9.17, 15) is 14.0 Å². The van der Waals surface area contributed by atoms with Gasteiger partial charge in [0.05, 0.1) is 21.5 Å². The van der Waals surface area contributed by atoms with Gasteiger partial charge in [-0.25, -0.2) is 4.39 Å². The number of carbonyl (C=O) groups excluding carboxylic acids is 1. The minimum atomic E-state index is -0.530. The fourth-order valence-corrected chi connectivity index (χ4v) is 5.43. The number of nitrogens with zero attached hydrogens (tertiary/aromatic N) is 2. The van der Waals surface area contributed by atoms with Crippen molar-refractivity contribution in [3.05, 3.63) is 38.6 Å². The number of hydrogen-bond donors (Lipinski definition) is 2. The summed E-state index contributed by atoms with van der Waals surface area (Å²) >= 11 is 1.27. The number of anilines is 1. The highest BCUT2D eigenvalue weighted by atomic mass is 32.1. The van der Waals surface area contributed by atoms with Crippen LogP contribution in [-0.4, -0.2) is 36.7 Å². The van der Waals surface area contributed by atoms with Gasteiger partial charge < -0.3 is 20.5 Å². The molecule has 0 atom stereocenters. The molecule has 2 aromatic heterocycles. The fourth-order valence-electron chi connectivity index (χ4n) is 4.19. The van der Waals surface area contributed by atoms with Gasteiger partial charge in [-0.2, -0.15) is 0 Å². The number of halogens is 1. The Morgan fingerprint density at radius 2 is 2.00 bits per heavy atom. The maximum Gasteiger partial charge on any atom is 0.259 e. The summed E-state index contributed by atoms with van der Waals surface area (Å²) in [7, 11) is 0. The van der Waals surface area contributed by atoms with Crippen LogP contribution in [0.1, 0.15) is 34.1 Å². The molecule has 0 bridgehead atoms. The number of hydrogen-bond acceptors (Lipinski definition) is 5. The molecule has 0 unspecified atom stereocenters.